The maximum atomic E-state index is 12.4. The molecule has 0 fully saturated rings. The van der Waals surface area contributed by atoms with Gasteiger partial charge in [0, 0.05) is 6.54 Å². The average molecular weight is 284 g/mol. The van der Waals surface area contributed by atoms with E-state index < -0.39 is 0 Å². The minimum Gasteiger partial charge on any atom is -0.328 e. The minimum atomic E-state index is 0.0160. The van der Waals surface area contributed by atoms with Gasteiger partial charge in [-0.2, -0.15) is 0 Å². The Kier molecular flexibility index (Phi) is 3.67. The Morgan fingerprint density at radius 1 is 1.05 bits per heavy atom. The first-order chi connectivity index (χ1) is 9.79. The zero-order valence-electron chi connectivity index (χ0n) is 11.0. The first-order valence-electron chi connectivity index (χ1n) is 6.64. The van der Waals surface area contributed by atoms with Gasteiger partial charge in [-0.3, -0.25) is 8.75 Å². The van der Waals surface area contributed by atoms with Crippen LogP contribution in [0, 0.1) is 0 Å². The summed E-state index contributed by atoms with van der Waals surface area (Å²) in [5, 5.41) is 0.781. The van der Waals surface area contributed by atoms with Crippen molar-refractivity contribution in [3.8, 4) is 0 Å². The number of fused-ring (bicyclic) bond motifs is 1. The van der Waals surface area contributed by atoms with Gasteiger partial charge in [0.2, 0.25) is 0 Å². The second kappa shape index (κ2) is 5.61. The molecular formula is C16H16N2OS. The Morgan fingerprint density at radius 2 is 1.75 bits per heavy atom. The summed E-state index contributed by atoms with van der Waals surface area (Å²) in [5.41, 5.74) is 7.16. The molecule has 0 bridgehead atoms. The third-order valence-corrected chi connectivity index (χ3v) is 4.65. The van der Waals surface area contributed by atoms with Crippen LogP contribution in [0.15, 0.2) is 59.4 Å². The number of rotatable bonds is 4. The highest BCUT2D eigenvalue weighted by Gasteiger charge is 2.16. The SMILES string of the molecule is NCC(Cc1ccccc1)n1sc2ccccc2c1=O. The Hall–Kier alpha value is -1.91. The second-order valence-corrected chi connectivity index (χ2v) is 5.81. The van der Waals surface area contributed by atoms with Gasteiger partial charge in [-0.15, -0.1) is 0 Å². The van der Waals surface area contributed by atoms with Crippen LogP contribution in [0.25, 0.3) is 10.1 Å². The fourth-order valence-electron chi connectivity index (χ4n) is 2.38. The third-order valence-electron chi connectivity index (χ3n) is 3.43. The normalized spacial score (nSPS) is 12.7. The molecule has 3 rings (SSSR count). The highest BCUT2D eigenvalue weighted by molar-refractivity contribution is 7.13. The van der Waals surface area contributed by atoms with Crippen molar-refractivity contribution in [2.24, 2.45) is 5.73 Å². The lowest BCUT2D eigenvalue weighted by Crippen LogP contribution is -2.27. The largest absolute Gasteiger partial charge is 0.328 e. The molecule has 0 radical (unpaired) electrons. The van der Waals surface area contributed by atoms with Crippen molar-refractivity contribution in [3.05, 3.63) is 70.5 Å². The molecule has 1 atom stereocenters. The molecular weight excluding hydrogens is 268 g/mol. The van der Waals surface area contributed by atoms with Crippen LogP contribution >= 0.6 is 11.5 Å². The van der Waals surface area contributed by atoms with E-state index in [0.717, 1.165) is 16.5 Å². The quantitative estimate of drug-likeness (QED) is 0.801. The summed E-state index contributed by atoms with van der Waals surface area (Å²) >= 11 is 1.50. The summed E-state index contributed by atoms with van der Waals surface area (Å²) in [6.07, 6.45) is 0.782. The van der Waals surface area contributed by atoms with Gasteiger partial charge in [-0.05, 0) is 24.1 Å². The lowest BCUT2D eigenvalue weighted by Gasteiger charge is -2.14. The highest BCUT2D eigenvalue weighted by atomic mass is 32.1. The van der Waals surface area contributed by atoms with Crippen LogP contribution in [0.3, 0.4) is 0 Å². The Balaban J connectivity index is 1.99. The molecule has 1 unspecified atom stereocenters. The summed E-state index contributed by atoms with van der Waals surface area (Å²) in [7, 11) is 0. The van der Waals surface area contributed by atoms with Gasteiger partial charge in [0.15, 0.2) is 0 Å². The van der Waals surface area contributed by atoms with Crippen LogP contribution in [-0.2, 0) is 6.42 Å². The lowest BCUT2D eigenvalue weighted by atomic mass is 10.1. The first kappa shape index (κ1) is 13.1. The number of hydrogen-bond donors (Lipinski definition) is 1. The maximum Gasteiger partial charge on any atom is 0.268 e. The van der Waals surface area contributed by atoms with Gasteiger partial charge < -0.3 is 5.73 Å². The van der Waals surface area contributed by atoms with Crippen molar-refractivity contribution in [1.82, 2.24) is 3.96 Å². The van der Waals surface area contributed by atoms with E-state index in [2.05, 4.69) is 12.1 Å². The molecule has 2 N–H and O–H groups in total. The molecule has 2 aromatic carbocycles. The van der Waals surface area contributed by atoms with Crippen molar-refractivity contribution >= 4 is 21.6 Å². The number of nitrogens with two attached hydrogens (primary N) is 1. The summed E-state index contributed by atoms with van der Waals surface area (Å²) < 4.78 is 2.83. The molecule has 3 nitrogen and oxygen atoms in total. The van der Waals surface area contributed by atoms with Crippen molar-refractivity contribution in [3.63, 3.8) is 0 Å². The zero-order chi connectivity index (χ0) is 13.9. The predicted molar refractivity (Wildman–Crippen MR) is 84.3 cm³/mol. The summed E-state index contributed by atoms with van der Waals surface area (Å²) in [6.45, 7) is 0.460. The van der Waals surface area contributed by atoms with Crippen molar-refractivity contribution < 1.29 is 0 Å². The monoisotopic (exact) mass is 284 g/mol. The summed E-state index contributed by atoms with van der Waals surface area (Å²) in [4.78, 5) is 12.4. The molecule has 0 aliphatic carbocycles. The molecule has 20 heavy (non-hydrogen) atoms. The highest BCUT2D eigenvalue weighted by Crippen LogP contribution is 2.21. The van der Waals surface area contributed by atoms with Crippen LogP contribution in [0.5, 0.6) is 0 Å². The molecule has 0 amide bonds. The second-order valence-electron chi connectivity index (χ2n) is 4.80. The molecule has 4 heteroatoms. The van der Waals surface area contributed by atoms with Gasteiger partial charge in [-0.1, -0.05) is 54.0 Å². The van der Waals surface area contributed by atoms with Crippen molar-refractivity contribution in [1.29, 1.82) is 0 Å². The Labute approximate surface area is 121 Å². The van der Waals surface area contributed by atoms with E-state index in [-0.39, 0.29) is 11.6 Å². The van der Waals surface area contributed by atoms with E-state index in [4.69, 9.17) is 5.73 Å². The molecule has 3 aromatic rings. The van der Waals surface area contributed by atoms with E-state index in [0.29, 0.717) is 6.54 Å². The lowest BCUT2D eigenvalue weighted by molar-refractivity contribution is 0.534. The van der Waals surface area contributed by atoms with Gasteiger partial charge in [0.1, 0.15) is 0 Å². The predicted octanol–water partition coefficient (Wildman–Crippen LogP) is 2.81. The molecule has 0 aliphatic heterocycles. The first-order valence-corrected chi connectivity index (χ1v) is 7.41. The van der Waals surface area contributed by atoms with Crippen LogP contribution < -0.4 is 11.3 Å². The van der Waals surface area contributed by atoms with E-state index in [1.807, 2.05) is 46.4 Å². The number of aromatic nitrogens is 1. The van der Waals surface area contributed by atoms with Gasteiger partial charge in [0.25, 0.3) is 5.56 Å². The van der Waals surface area contributed by atoms with Crippen LogP contribution in [0.2, 0.25) is 0 Å². The smallest absolute Gasteiger partial charge is 0.268 e. The average Bonchev–Trinajstić information content (AvgIpc) is 2.83. The van der Waals surface area contributed by atoms with Crippen molar-refractivity contribution in [2.75, 3.05) is 6.54 Å². The van der Waals surface area contributed by atoms with E-state index >= 15 is 0 Å². The van der Waals surface area contributed by atoms with E-state index in [1.165, 1.54) is 17.1 Å². The van der Waals surface area contributed by atoms with Gasteiger partial charge in [-0.25, -0.2) is 0 Å². The number of hydrogen-bond acceptors (Lipinski definition) is 3. The molecule has 1 heterocycles. The fraction of sp³-hybridized carbons (Fsp3) is 0.188. The minimum absolute atomic E-state index is 0.0160. The van der Waals surface area contributed by atoms with Gasteiger partial charge >= 0.3 is 0 Å². The standard InChI is InChI=1S/C16H16N2OS/c17-11-13(10-12-6-2-1-3-7-12)18-16(19)14-8-4-5-9-15(14)20-18/h1-9,13H,10-11,17H2. The molecule has 0 saturated carbocycles. The Bertz CT molecular complexity index is 761. The van der Waals surface area contributed by atoms with Crippen LogP contribution in [0.4, 0.5) is 0 Å². The summed E-state index contributed by atoms with van der Waals surface area (Å²) in [6, 6.07) is 17.9. The molecule has 102 valence electrons. The number of benzene rings is 2. The van der Waals surface area contributed by atoms with E-state index in [9.17, 15) is 4.79 Å². The Morgan fingerprint density at radius 3 is 2.45 bits per heavy atom. The van der Waals surface area contributed by atoms with Crippen molar-refractivity contribution in [2.45, 2.75) is 12.5 Å². The van der Waals surface area contributed by atoms with Crippen LogP contribution in [0.1, 0.15) is 11.6 Å². The maximum absolute atomic E-state index is 12.4. The number of nitrogens with zero attached hydrogens (tertiary/aromatic N) is 1. The van der Waals surface area contributed by atoms with E-state index in [1.54, 1.807) is 0 Å². The molecule has 1 aromatic heterocycles. The van der Waals surface area contributed by atoms with Gasteiger partial charge in [0.05, 0.1) is 16.1 Å². The van der Waals surface area contributed by atoms with Crippen LogP contribution in [-0.4, -0.2) is 10.5 Å². The zero-order valence-corrected chi connectivity index (χ0v) is 11.8. The third kappa shape index (κ3) is 2.40. The molecule has 0 saturated heterocycles. The molecule has 0 aliphatic rings. The topological polar surface area (TPSA) is 48.0 Å². The molecule has 0 spiro atoms. The fourth-order valence-corrected chi connectivity index (χ4v) is 3.47. The summed E-state index contributed by atoms with van der Waals surface area (Å²) in [5.74, 6) is 0.